The Labute approximate surface area is 136 Å². The molecule has 7 heteroatoms. The summed E-state index contributed by atoms with van der Waals surface area (Å²) in [5.41, 5.74) is 0.345. The van der Waals surface area contributed by atoms with Crippen LogP contribution < -0.4 is 14.8 Å². The van der Waals surface area contributed by atoms with E-state index in [1.54, 1.807) is 18.2 Å². The lowest BCUT2D eigenvalue weighted by Gasteiger charge is -2.13. The van der Waals surface area contributed by atoms with Gasteiger partial charge in [-0.3, -0.25) is 4.79 Å². The molecular formula is C15H15BrN2O4. The molecule has 0 atom stereocenters. The predicted molar refractivity (Wildman–Crippen MR) is 85.7 cm³/mol. The van der Waals surface area contributed by atoms with Crippen LogP contribution in [0.4, 0.5) is 5.82 Å². The quantitative estimate of drug-likeness (QED) is 0.848. The highest BCUT2D eigenvalue weighted by molar-refractivity contribution is 9.10. The Balaban J connectivity index is 2.30. The molecule has 2 aromatic rings. The number of carbonyl (C=O) groups is 1. The summed E-state index contributed by atoms with van der Waals surface area (Å²) in [5, 5.41) is 12.2. The maximum Gasteiger partial charge on any atom is 0.257 e. The van der Waals surface area contributed by atoms with Crippen molar-refractivity contribution in [3.63, 3.8) is 0 Å². The van der Waals surface area contributed by atoms with Crippen LogP contribution in [0.2, 0.25) is 0 Å². The highest BCUT2D eigenvalue weighted by Crippen LogP contribution is 2.36. The minimum absolute atomic E-state index is 0.0940. The number of benzene rings is 1. The summed E-state index contributed by atoms with van der Waals surface area (Å²) in [6, 6.07) is 6.19. The number of amides is 1. The van der Waals surface area contributed by atoms with E-state index in [2.05, 4.69) is 26.2 Å². The van der Waals surface area contributed by atoms with Gasteiger partial charge in [-0.25, -0.2) is 4.98 Å². The second-order valence-corrected chi connectivity index (χ2v) is 5.10. The minimum Gasteiger partial charge on any atom is -0.504 e. The Morgan fingerprint density at radius 1 is 1.45 bits per heavy atom. The molecule has 22 heavy (non-hydrogen) atoms. The number of aromatic nitrogens is 1. The summed E-state index contributed by atoms with van der Waals surface area (Å²) in [4.78, 5) is 16.2. The number of carbonyl (C=O) groups excluding carboxylic acids is 1. The molecule has 0 unspecified atom stereocenters. The zero-order valence-electron chi connectivity index (χ0n) is 12.1. The van der Waals surface area contributed by atoms with Crippen molar-refractivity contribution in [2.45, 2.75) is 6.92 Å². The van der Waals surface area contributed by atoms with Crippen molar-refractivity contribution < 1.29 is 19.4 Å². The number of aromatic hydroxyl groups is 1. The molecule has 0 aliphatic rings. The highest BCUT2D eigenvalue weighted by Gasteiger charge is 2.16. The molecule has 116 valence electrons. The van der Waals surface area contributed by atoms with Crippen molar-refractivity contribution in [1.82, 2.24) is 4.98 Å². The van der Waals surface area contributed by atoms with Crippen molar-refractivity contribution in [1.29, 1.82) is 0 Å². The Kier molecular flexibility index (Phi) is 5.21. The fourth-order valence-electron chi connectivity index (χ4n) is 1.81. The fourth-order valence-corrected chi connectivity index (χ4v) is 2.36. The number of hydrogen-bond donors (Lipinski definition) is 2. The molecule has 6 nitrogen and oxygen atoms in total. The van der Waals surface area contributed by atoms with Gasteiger partial charge in [0.2, 0.25) is 0 Å². The van der Waals surface area contributed by atoms with Gasteiger partial charge in [0.05, 0.1) is 18.2 Å². The van der Waals surface area contributed by atoms with Crippen LogP contribution in [0.15, 0.2) is 34.9 Å². The third kappa shape index (κ3) is 3.48. The summed E-state index contributed by atoms with van der Waals surface area (Å²) in [6.07, 6.45) is 1.48. The number of ether oxygens (including phenoxy) is 2. The van der Waals surface area contributed by atoms with E-state index in [1.165, 1.54) is 19.4 Å². The molecule has 0 saturated carbocycles. The Bertz CT molecular complexity index is 691. The lowest BCUT2D eigenvalue weighted by Crippen LogP contribution is -2.13. The summed E-state index contributed by atoms with van der Waals surface area (Å²) in [7, 11) is 1.50. The van der Waals surface area contributed by atoms with Crippen molar-refractivity contribution in [3.05, 3.63) is 40.5 Å². The van der Waals surface area contributed by atoms with Crippen LogP contribution in [0.25, 0.3) is 0 Å². The molecule has 0 bridgehead atoms. The number of nitrogens with one attached hydrogen (secondary N) is 1. The third-order valence-electron chi connectivity index (χ3n) is 2.80. The topological polar surface area (TPSA) is 80.7 Å². The van der Waals surface area contributed by atoms with Gasteiger partial charge in [0.1, 0.15) is 0 Å². The molecule has 2 rings (SSSR count). The van der Waals surface area contributed by atoms with Crippen molar-refractivity contribution in [2.24, 2.45) is 0 Å². The van der Waals surface area contributed by atoms with Crippen LogP contribution in [0.3, 0.4) is 0 Å². The van der Waals surface area contributed by atoms with Gasteiger partial charge in [0, 0.05) is 11.8 Å². The van der Waals surface area contributed by atoms with Gasteiger partial charge in [0.15, 0.2) is 23.1 Å². The fraction of sp³-hybridized carbons (Fsp3) is 0.200. The average Bonchev–Trinajstić information content (AvgIpc) is 2.51. The second kappa shape index (κ2) is 7.13. The van der Waals surface area contributed by atoms with Crippen molar-refractivity contribution >= 4 is 27.7 Å². The highest BCUT2D eigenvalue weighted by atomic mass is 79.9. The van der Waals surface area contributed by atoms with Crippen LogP contribution in [-0.4, -0.2) is 29.7 Å². The van der Waals surface area contributed by atoms with E-state index >= 15 is 0 Å². The molecule has 1 amide bonds. The number of rotatable bonds is 5. The number of anilines is 1. The van der Waals surface area contributed by atoms with E-state index in [-0.39, 0.29) is 11.6 Å². The molecule has 1 aromatic carbocycles. The molecule has 0 aliphatic heterocycles. The van der Waals surface area contributed by atoms with Gasteiger partial charge in [0.25, 0.3) is 5.91 Å². The standard InChI is InChI=1S/C15H15BrN2O4/c1-3-22-13-10(16)7-9(8-12(13)21-2)15(20)18-14-11(19)5-4-6-17-14/h4-8,19H,3H2,1-2H3,(H,17,18,20). The van der Waals surface area contributed by atoms with Gasteiger partial charge in [-0.15, -0.1) is 0 Å². The number of hydrogen-bond acceptors (Lipinski definition) is 5. The van der Waals surface area contributed by atoms with Crippen molar-refractivity contribution in [2.75, 3.05) is 19.0 Å². The molecule has 1 heterocycles. The van der Waals surface area contributed by atoms with Crippen LogP contribution in [0.1, 0.15) is 17.3 Å². The Morgan fingerprint density at radius 3 is 2.86 bits per heavy atom. The normalized spacial score (nSPS) is 10.1. The molecular weight excluding hydrogens is 352 g/mol. The number of methoxy groups -OCH3 is 1. The minimum atomic E-state index is -0.420. The van der Waals surface area contributed by atoms with Gasteiger partial charge >= 0.3 is 0 Å². The van der Waals surface area contributed by atoms with Crippen LogP contribution in [-0.2, 0) is 0 Å². The largest absolute Gasteiger partial charge is 0.504 e. The molecule has 1 aromatic heterocycles. The van der Waals surface area contributed by atoms with Crippen molar-refractivity contribution in [3.8, 4) is 17.2 Å². The Hall–Kier alpha value is -2.28. The lowest BCUT2D eigenvalue weighted by molar-refractivity contribution is 0.102. The maximum absolute atomic E-state index is 12.3. The summed E-state index contributed by atoms with van der Waals surface area (Å²) in [6.45, 7) is 2.33. The second-order valence-electron chi connectivity index (χ2n) is 4.25. The van der Waals surface area contributed by atoms with E-state index in [9.17, 15) is 9.90 Å². The van der Waals surface area contributed by atoms with E-state index in [0.29, 0.717) is 28.1 Å². The zero-order valence-corrected chi connectivity index (χ0v) is 13.7. The average molecular weight is 367 g/mol. The SMILES string of the molecule is CCOc1c(Br)cc(C(=O)Nc2ncccc2O)cc1OC. The molecule has 0 fully saturated rings. The van der Waals surface area contributed by atoms with E-state index in [4.69, 9.17) is 9.47 Å². The van der Waals surface area contributed by atoms with Crippen LogP contribution in [0, 0.1) is 0 Å². The number of nitrogens with zero attached hydrogens (tertiary/aromatic N) is 1. The van der Waals surface area contributed by atoms with E-state index in [0.717, 1.165) is 0 Å². The summed E-state index contributed by atoms with van der Waals surface area (Å²) in [5.74, 6) is 0.536. The lowest BCUT2D eigenvalue weighted by atomic mass is 10.2. The maximum atomic E-state index is 12.3. The first kappa shape index (κ1) is 16.1. The van der Waals surface area contributed by atoms with Crippen LogP contribution >= 0.6 is 15.9 Å². The van der Waals surface area contributed by atoms with Gasteiger partial charge in [-0.2, -0.15) is 0 Å². The first-order valence-corrected chi connectivity index (χ1v) is 7.31. The van der Waals surface area contributed by atoms with Gasteiger partial charge in [-0.05, 0) is 47.1 Å². The molecule has 0 spiro atoms. The molecule has 0 radical (unpaired) electrons. The summed E-state index contributed by atoms with van der Waals surface area (Å²) >= 11 is 3.36. The van der Waals surface area contributed by atoms with E-state index < -0.39 is 5.91 Å². The first-order valence-electron chi connectivity index (χ1n) is 6.52. The smallest absolute Gasteiger partial charge is 0.257 e. The molecule has 0 saturated heterocycles. The van der Waals surface area contributed by atoms with Gasteiger partial charge < -0.3 is 19.9 Å². The first-order chi connectivity index (χ1) is 10.6. The number of halogens is 1. The predicted octanol–water partition coefficient (Wildman–Crippen LogP) is 3.21. The summed E-state index contributed by atoms with van der Waals surface area (Å²) < 4.78 is 11.3. The molecule has 2 N–H and O–H groups in total. The zero-order chi connectivity index (χ0) is 16.1. The van der Waals surface area contributed by atoms with Gasteiger partial charge in [-0.1, -0.05) is 0 Å². The number of pyridine rings is 1. The monoisotopic (exact) mass is 366 g/mol. The third-order valence-corrected chi connectivity index (χ3v) is 3.39. The Morgan fingerprint density at radius 2 is 2.23 bits per heavy atom. The van der Waals surface area contributed by atoms with Crippen LogP contribution in [0.5, 0.6) is 17.2 Å². The molecule has 0 aliphatic carbocycles. The van der Waals surface area contributed by atoms with E-state index in [1.807, 2.05) is 6.92 Å².